The van der Waals surface area contributed by atoms with Crippen LogP contribution in [0, 0.1) is 5.92 Å². The lowest BCUT2D eigenvalue weighted by Crippen LogP contribution is -2.23. The third-order valence-corrected chi connectivity index (χ3v) is 4.42. The van der Waals surface area contributed by atoms with Crippen LogP contribution in [0.5, 0.6) is 0 Å². The maximum Gasteiger partial charge on any atom is 0.293 e. The lowest BCUT2D eigenvalue weighted by Gasteiger charge is -2.02. The molecule has 8 heteroatoms. The predicted molar refractivity (Wildman–Crippen MR) is 87.6 cm³/mol. The summed E-state index contributed by atoms with van der Waals surface area (Å²) in [5.74, 6) is 0.926. The third kappa shape index (κ3) is 3.31. The van der Waals surface area contributed by atoms with Crippen LogP contribution in [-0.4, -0.2) is 25.5 Å². The lowest BCUT2D eigenvalue weighted by atomic mass is 10.1. The van der Waals surface area contributed by atoms with Crippen LogP contribution in [0.2, 0.25) is 0 Å². The molecule has 1 amide bonds. The van der Waals surface area contributed by atoms with E-state index in [0.717, 1.165) is 6.42 Å². The number of hydrogen-bond acceptors (Lipinski definition) is 5. The molecule has 0 fully saturated rings. The van der Waals surface area contributed by atoms with Crippen LogP contribution in [-0.2, 0) is 13.0 Å². The first-order valence-corrected chi connectivity index (χ1v) is 8.14. The number of carbonyl (C=O) groups is 1. The molecule has 0 aliphatic rings. The van der Waals surface area contributed by atoms with E-state index in [1.165, 1.54) is 22.4 Å². The van der Waals surface area contributed by atoms with E-state index in [0.29, 0.717) is 16.6 Å². The molecule has 0 atom stereocenters. The standard InChI is InChI=1S/C15H17N5O2S/c1-9(2)7-10-3-4-11(23-10)14(21)17-8-12-18-19-13-15(22)16-5-6-20(12)13/h3-6,9H,7-8H2,1-2H3,(H,16,22)(H,17,21). The van der Waals surface area contributed by atoms with Crippen LogP contribution in [0.1, 0.15) is 34.2 Å². The number of aromatic amines is 1. The number of rotatable bonds is 5. The molecule has 3 aromatic rings. The number of thiophene rings is 1. The molecular weight excluding hydrogens is 314 g/mol. The Morgan fingerprint density at radius 2 is 2.22 bits per heavy atom. The zero-order chi connectivity index (χ0) is 16.4. The van der Waals surface area contributed by atoms with E-state index < -0.39 is 0 Å². The number of nitrogens with one attached hydrogen (secondary N) is 2. The molecule has 0 saturated heterocycles. The second kappa shape index (κ2) is 6.33. The molecule has 120 valence electrons. The number of aromatic nitrogens is 4. The predicted octanol–water partition coefficient (Wildman–Crippen LogP) is 1.61. The fourth-order valence-corrected chi connectivity index (χ4v) is 3.40. The van der Waals surface area contributed by atoms with Crippen LogP contribution in [0.25, 0.3) is 5.65 Å². The van der Waals surface area contributed by atoms with Crippen LogP contribution in [0.3, 0.4) is 0 Å². The second-order valence-corrected chi connectivity index (χ2v) is 6.81. The van der Waals surface area contributed by atoms with Crippen molar-refractivity contribution in [2.75, 3.05) is 0 Å². The summed E-state index contributed by atoms with van der Waals surface area (Å²) < 4.78 is 1.57. The van der Waals surface area contributed by atoms with Gasteiger partial charge >= 0.3 is 0 Å². The Morgan fingerprint density at radius 3 is 3.00 bits per heavy atom. The zero-order valence-corrected chi connectivity index (χ0v) is 13.7. The van der Waals surface area contributed by atoms with Crippen molar-refractivity contribution < 1.29 is 4.79 Å². The molecule has 3 aromatic heterocycles. The average molecular weight is 331 g/mol. The molecule has 23 heavy (non-hydrogen) atoms. The van der Waals surface area contributed by atoms with Crippen LogP contribution >= 0.6 is 11.3 Å². The van der Waals surface area contributed by atoms with Gasteiger partial charge in [0, 0.05) is 17.3 Å². The minimum Gasteiger partial charge on any atom is -0.344 e. The van der Waals surface area contributed by atoms with E-state index in [1.54, 1.807) is 10.6 Å². The van der Waals surface area contributed by atoms with Gasteiger partial charge in [0.05, 0.1) is 11.4 Å². The molecule has 0 aliphatic carbocycles. The molecule has 0 unspecified atom stereocenters. The van der Waals surface area contributed by atoms with Gasteiger partial charge in [-0.15, -0.1) is 21.5 Å². The first-order valence-electron chi connectivity index (χ1n) is 7.33. The summed E-state index contributed by atoms with van der Waals surface area (Å²) in [6, 6.07) is 3.83. The molecule has 0 radical (unpaired) electrons. The van der Waals surface area contributed by atoms with Gasteiger partial charge in [-0.2, -0.15) is 0 Å². The normalized spacial score (nSPS) is 11.3. The summed E-state index contributed by atoms with van der Waals surface area (Å²) in [4.78, 5) is 28.2. The van der Waals surface area contributed by atoms with Crippen LogP contribution in [0.15, 0.2) is 29.3 Å². The fourth-order valence-electron chi connectivity index (χ4n) is 2.27. The molecule has 0 aromatic carbocycles. The largest absolute Gasteiger partial charge is 0.344 e. The van der Waals surface area contributed by atoms with Crippen molar-refractivity contribution in [2.24, 2.45) is 5.92 Å². The summed E-state index contributed by atoms with van der Waals surface area (Å²) in [6.45, 7) is 4.51. The average Bonchev–Trinajstić information content (AvgIpc) is 3.12. The highest BCUT2D eigenvalue weighted by Crippen LogP contribution is 2.19. The smallest absolute Gasteiger partial charge is 0.293 e. The van der Waals surface area contributed by atoms with E-state index in [9.17, 15) is 9.59 Å². The molecule has 0 spiro atoms. The maximum atomic E-state index is 12.2. The number of fused-ring (bicyclic) bond motifs is 1. The third-order valence-electron chi connectivity index (χ3n) is 3.31. The summed E-state index contributed by atoms with van der Waals surface area (Å²) in [5, 5.41) is 10.6. The van der Waals surface area contributed by atoms with Gasteiger partial charge in [-0.3, -0.25) is 14.0 Å². The Labute approximate surface area is 136 Å². The fraction of sp³-hybridized carbons (Fsp3) is 0.333. The summed E-state index contributed by atoms with van der Waals surface area (Å²) >= 11 is 1.50. The first kappa shape index (κ1) is 15.4. The summed E-state index contributed by atoms with van der Waals surface area (Å²) in [5.41, 5.74) is -0.0961. The van der Waals surface area contributed by atoms with Gasteiger partial charge < -0.3 is 10.3 Å². The minimum atomic E-state index is -0.311. The van der Waals surface area contributed by atoms with E-state index in [-0.39, 0.29) is 23.7 Å². The number of carbonyl (C=O) groups excluding carboxylic acids is 1. The summed E-state index contributed by atoms with van der Waals surface area (Å²) in [7, 11) is 0. The highest BCUT2D eigenvalue weighted by molar-refractivity contribution is 7.14. The molecule has 0 aliphatic heterocycles. The van der Waals surface area contributed by atoms with E-state index >= 15 is 0 Å². The second-order valence-electron chi connectivity index (χ2n) is 5.65. The number of H-pyrrole nitrogens is 1. The molecule has 0 bridgehead atoms. The Balaban J connectivity index is 1.70. The Bertz CT molecular complexity index is 893. The Hall–Kier alpha value is -2.48. The molecule has 3 heterocycles. The van der Waals surface area contributed by atoms with Crippen molar-refractivity contribution >= 4 is 22.9 Å². The molecule has 7 nitrogen and oxygen atoms in total. The SMILES string of the molecule is CC(C)Cc1ccc(C(=O)NCc2nnc3c(=O)[nH]ccn23)s1. The lowest BCUT2D eigenvalue weighted by molar-refractivity contribution is 0.0954. The Kier molecular flexibility index (Phi) is 4.24. The topological polar surface area (TPSA) is 92.2 Å². The van der Waals surface area contributed by atoms with E-state index in [4.69, 9.17) is 0 Å². The quantitative estimate of drug-likeness (QED) is 0.743. The van der Waals surface area contributed by atoms with Gasteiger partial charge in [-0.05, 0) is 24.5 Å². The number of nitrogens with zero attached hydrogens (tertiary/aromatic N) is 3. The molecule has 0 saturated carbocycles. The van der Waals surface area contributed by atoms with Gasteiger partial charge in [0.25, 0.3) is 11.5 Å². The Morgan fingerprint density at radius 1 is 1.39 bits per heavy atom. The van der Waals surface area contributed by atoms with Gasteiger partial charge in [-0.25, -0.2) is 0 Å². The zero-order valence-electron chi connectivity index (χ0n) is 12.9. The van der Waals surface area contributed by atoms with Crippen LogP contribution < -0.4 is 10.9 Å². The van der Waals surface area contributed by atoms with Crippen molar-refractivity contribution in [3.05, 3.63) is 50.5 Å². The van der Waals surface area contributed by atoms with Crippen molar-refractivity contribution in [3.8, 4) is 0 Å². The highest BCUT2D eigenvalue weighted by Gasteiger charge is 2.12. The monoisotopic (exact) mass is 331 g/mol. The van der Waals surface area contributed by atoms with Gasteiger partial charge in [-0.1, -0.05) is 13.8 Å². The van der Waals surface area contributed by atoms with Crippen molar-refractivity contribution in [1.29, 1.82) is 0 Å². The van der Waals surface area contributed by atoms with E-state index in [2.05, 4.69) is 34.3 Å². The van der Waals surface area contributed by atoms with E-state index in [1.807, 2.05) is 12.1 Å². The van der Waals surface area contributed by atoms with Crippen molar-refractivity contribution in [1.82, 2.24) is 24.9 Å². The summed E-state index contributed by atoms with van der Waals surface area (Å²) in [6.07, 6.45) is 4.14. The number of amides is 1. The molecule has 2 N–H and O–H groups in total. The van der Waals surface area contributed by atoms with Crippen molar-refractivity contribution in [3.63, 3.8) is 0 Å². The van der Waals surface area contributed by atoms with Crippen molar-refractivity contribution in [2.45, 2.75) is 26.8 Å². The highest BCUT2D eigenvalue weighted by atomic mass is 32.1. The first-order chi connectivity index (χ1) is 11.0. The van der Waals surface area contributed by atoms with Gasteiger partial charge in [0.2, 0.25) is 5.65 Å². The maximum absolute atomic E-state index is 12.2. The molecule has 3 rings (SSSR count). The van der Waals surface area contributed by atoms with Gasteiger partial charge in [0.15, 0.2) is 5.82 Å². The van der Waals surface area contributed by atoms with Gasteiger partial charge in [0.1, 0.15) is 0 Å². The minimum absolute atomic E-state index is 0.147. The number of hydrogen-bond donors (Lipinski definition) is 2. The van der Waals surface area contributed by atoms with Crippen LogP contribution in [0.4, 0.5) is 0 Å². The molecular formula is C15H17N5O2S.